The van der Waals surface area contributed by atoms with Crippen molar-refractivity contribution < 1.29 is 9.90 Å². The van der Waals surface area contributed by atoms with E-state index in [0.717, 1.165) is 18.7 Å². The first-order chi connectivity index (χ1) is 9.18. The maximum absolute atomic E-state index is 11.2. The summed E-state index contributed by atoms with van der Waals surface area (Å²) in [5, 5.41) is 9.17. The standard InChI is InChI=1S/C16H17NO2/c1-17(12-11-13-7-3-2-4-8-13)15-10-6-5-9-14(15)16(18)19/h2-10H,11-12H2,1H3,(H,18,19). The highest BCUT2D eigenvalue weighted by molar-refractivity contribution is 5.94. The van der Waals surface area contributed by atoms with Crippen LogP contribution < -0.4 is 4.90 Å². The fraction of sp³-hybridized carbons (Fsp3) is 0.188. The summed E-state index contributed by atoms with van der Waals surface area (Å²) in [4.78, 5) is 13.2. The first-order valence-corrected chi connectivity index (χ1v) is 6.26. The number of hydrogen-bond acceptors (Lipinski definition) is 2. The average Bonchev–Trinajstić information content (AvgIpc) is 2.46. The molecule has 0 saturated heterocycles. The van der Waals surface area contributed by atoms with Crippen molar-refractivity contribution in [2.75, 3.05) is 18.5 Å². The summed E-state index contributed by atoms with van der Waals surface area (Å²) < 4.78 is 0. The van der Waals surface area contributed by atoms with Gasteiger partial charge in [0, 0.05) is 13.6 Å². The fourth-order valence-electron chi connectivity index (χ4n) is 2.05. The Kier molecular flexibility index (Phi) is 4.18. The van der Waals surface area contributed by atoms with E-state index in [1.807, 2.05) is 42.3 Å². The Bertz CT molecular complexity index is 552. The average molecular weight is 255 g/mol. The van der Waals surface area contributed by atoms with Crippen molar-refractivity contribution in [1.82, 2.24) is 0 Å². The molecule has 0 spiro atoms. The van der Waals surface area contributed by atoms with E-state index in [9.17, 15) is 9.90 Å². The first kappa shape index (κ1) is 13.1. The van der Waals surface area contributed by atoms with E-state index in [4.69, 9.17) is 0 Å². The molecule has 0 atom stereocenters. The Morgan fingerprint density at radius 1 is 1.05 bits per heavy atom. The van der Waals surface area contributed by atoms with Gasteiger partial charge in [0.1, 0.15) is 0 Å². The van der Waals surface area contributed by atoms with Gasteiger partial charge in [0.25, 0.3) is 0 Å². The SMILES string of the molecule is CN(CCc1ccccc1)c1ccccc1C(=O)O. The number of carboxylic acid groups (broad SMARTS) is 1. The van der Waals surface area contributed by atoms with Gasteiger partial charge in [-0.2, -0.15) is 0 Å². The van der Waals surface area contributed by atoms with Crippen LogP contribution in [0.2, 0.25) is 0 Å². The lowest BCUT2D eigenvalue weighted by molar-refractivity contribution is 0.0697. The van der Waals surface area contributed by atoms with E-state index in [-0.39, 0.29) is 0 Å². The molecule has 0 aliphatic rings. The molecule has 0 bridgehead atoms. The fourth-order valence-corrected chi connectivity index (χ4v) is 2.05. The molecule has 2 aromatic carbocycles. The zero-order chi connectivity index (χ0) is 13.7. The highest BCUT2D eigenvalue weighted by atomic mass is 16.4. The Labute approximate surface area is 113 Å². The van der Waals surface area contributed by atoms with Gasteiger partial charge in [0.15, 0.2) is 0 Å². The third-order valence-electron chi connectivity index (χ3n) is 3.12. The van der Waals surface area contributed by atoms with Crippen LogP contribution in [0.3, 0.4) is 0 Å². The van der Waals surface area contributed by atoms with Gasteiger partial charge in [-0.15, -0.1) is 0 Å². The van der Waals surface area contributed by atoms with Crippen LogP contribution in [0, 0.1) is 0 Å². The third kappa shape index (κ3) is 3.35. The summed E-state index contributed by atoms with van der Waals surface area (Å²) in [7, 11) is 1.92. The normalized spacial score (nSPS) is 10.2. The number of carbonyl (C=O) groups is 1. The molecule has 0 heterocycles. The highest BCUT2D eigenvalue weighted by Gasteiger charge is 2.12. The minimum Gasteiger partial charge on any atom is -0.478 e. The van der Waals surface area contributed by atoms with E-state index in [2.05, 4.69) is 12.1 Å². The summed E-state index contributed by atoms with van der Waals surface area (Å²) >= 11 is 0. The zero-order valence-corrected chi connectivity index (χ0v) is 10.9. The minimum atomic E-state index is -0.887. The van der Waals surface area contributed by atoms with E-state index < -0.39 is 5.97 Å². The summed E-state index contributed by atoms with van der Waals surface area (Å²) in [6, 6.07) is 17.3. The van der Waals surface area contributed by atoms with Crippen molar-refractivity contribution in [3.05, 3.63) is 65.7 Å². The molecule has 19 heavy (non-hydrogen) atoms. The third-order valence-corrected chi connectivity index (χ3v) is 3.12. The van der Waals surface area contributed by atoms with Gasteiger partial charge in [0.2, 0.25) is 0 Å². The Morgan fingerprint density at radius 2 is 1.68 bits per heavy atom. The molecule has 0 aromatic heterocycles. The predicted molar refractivity (Wildman–Crippen MR) is 76.8 cm³/mol. The molecule has 0 fully saturated rings. The van der Waals surface area contributed by atoms with Gasteiger partial charge in [-0.1, -0.05) is 42.5 Å². The van der Waals surface area contributed by atoms with Crippen molar-refractivity contribution in [3.8, 4) is 0 Å². The van der Waals surface area contributed by atoms with Crippen LogP contribution in [0.4, 0.5) is 5.69 Å². The van der Waals surface area contributed by atoms with Gasteiger partial charge in [-0.25, -0.2) is 4.79 Å². The predicted octanol–water partition coefficient (Wildman–Crippen LogP) is 3.06. The lowest BCUT2D eigenvalue weighted by Gasteiger charge is -2.21. The molecule has 2 rings (SSSR count). The number of hydrogen-bond donors (Lipinski definition) is 1. The number of para-hydroxylation sites is 1. The van der Waals surface area contributed by atoms with Crippen molar-refractivity contribution in [1.29, 1.82) is 0 Å². The van der Waals surface area contributed by atoms with Crippen molar-refractivity contribution in [2.45, 2.75) is 6.42 Å². The number of nitrogens with zero attached hydrogens (tertiary/aromatic N) is 1. The first-order valence-electron chi connectivity index (χ1n) is 6.26. The largest absolute Gasteiger partial charge is 0.478 e. The van der Waals surface area contributed by atoms with Crippen LogP contribution in [0.15, 0.2) is 54.6 Å². The Hall–Kier alpha value is -2.29. The van der Waals surface area contributed by atoms with Crippen molar-refractivity contribution >= 4 is 11.7 Å². The second kappa shape index (κ2) is 6.05. The van der Waals surface area contributed by atoms with Crippen LogP contribution in [0.5, 0.6) is 0 Å². The van der Waals surface area contributed by atoms with E-state index in [1.165, 1.54) is 5.56 Å². The highest BCUT2D eigenvalue weighted by Crippen LogP contribution is 2.19. The summed E-state index contributed by atoms with van der Waals surface area (Å²) in [6.45, 7) is 0.786. The molecule has 0 aliphatic carbocycles. The van der Waals surface area contributed by atoms with Gasteiger partial charge < -0.3 is 10.0 Å². The minimum absolute atomic E-state index is 0.345. The molecule has 1 N–H and O–H groups in total. The van der Waals surface area contributed by atoms with Crippen LogP contribution in [-0.2, 0) is 6.42 Å². The second-order valence-corrected chi connectivity index (χ2v) is 4.48. The van der Waals surface area contributed by atoms with E-state index in [0.29, 0.717) is 5.56 Å². The van der Waals surface area contributed by atoms with Crippen molar-refractivity contribution in [2.24, 2.45) is 0 Å². The van der Waals surface area contributed by atoms with Crippen LogP contribution >= 0.6 is 0 Å². The van der Waals surface area contributed by atoms with Crippen LogP contribution in [0.1, 0.15) is 15.9 Å². The molecule has 0 amide bonds. The number of aromatic carboxylic acids is 1. The van der Waals surface area contributed by atoms with Gasteiger partial charge in [0.05, 0.1) is 11.3 Å². The second-order valence-electron chi connectivity index (χ2n) is 4.48. The maximum atomic E-state index is 11.2. The van der Waals surface area contributed by atoms with E-state index in [1.54, 1.807) is 12.1 Å². The van der Waals surface area contributed by atoms with Gasteiger partial charge in [-0.05, 0) is 24.1 Å². The van der Waals surface area contributed by atoms with Crippen molar-refractivity contribution in [3.63, 3.8) is 0 Å². The number of carboxylic acids is 1. The summed E-state index contributed by atoms with van der Waals surface area (Å²) in [6.07, 6.45) is 0.894. The molecule has 0 unspecified atom stereocenters. The quantitative estimate of drug-likeness (QED) is 0.892. The maximum Gasteiger partial charge on any atom is 0.337 e. The molecule has 98 valence electrons. The number of benzene rings is 2. The van der Waals surface area contributed by atoms with Crippen LogP contribution in [0.25, 0.3) is 0 Å². The molecule has 0 radical (unpaired) electrons. The molecule has 3 nitrogen and oxygen atoms in total. The molecule has 2 aromatic rings. The number of rotatable bonds is 5. The lowest BCUT2D eigenvalue weighted by Crippen LogP contribution is -2.22. The zero-order valence-electron chi connectivity index (χ0n) is 10.9. The van der Waals surface area contributed by atoms with Gasteiger partial charge in [-0.3, -0.25) is 0 Å². The number of anilines is 1. The topological polar surface area (TPSA) is 40.5 Å². The Balaban J connectivity index is 2.08. The lowest BCUT2D eigenvalue weighted by atomic mass is 10.1. The smallest absolute Gasteiger partial charge is 0.337 e. The molecular weight excluding hydrogens is 238 g/mol. The molecular formula is C16H17NO2. The molecule has 3 heteroatoms. The summed E-state index contributed by atoms with van der Waals surface area (Å²) in [5.74, 6) is -0.887. The molecule has 0 aliphatic heterocycles. The summed E-state index contributed by atoms with van der Waals surface area (Å²) in [5.41, 5.74) is 2.35. The number of likely N-dealkylation sites (N-methyl/N-ethyl adjacent to an activating group) is 1. The Morgan fingerprint density at radius 3 is 2.37 bits per heavy atom. The van der Waals surface area contributed by atoms with Gasteiger partial charge >= 0.3 is 5.97 Å². The van der Waals surface area contributed by atoms with E-state index >= 15 is 0 Å². The monoisotopic (exact) mass is 255 g/mol. The van der Waals surface area contributed by atoms with Crippen LogP contribution in [-0.4, -0.2) is 24.7 Å². The molecule has 0 saturated carbocycles.